The van der Waals surface area contributed by atoms with E-state index in [4.69, 9.17) is 4.74 Å². The Morgan fingerprint density at radius 2 is 2.07 bits per heavy atom. The van der Waals surface area contributed by atoms with Gasteiger partial charge in [0.2, 0.25) is 0 Å². The van der Waals surface area contributed by atoms with Gasteiger partial charge in [0.15, 0.2) is 0 Å². The second-order valence-electron chi connectivity index (χ2n) is 4.05. The molecule has 0 aromatic carbocycles. The van der Waals surface area contributed by atoms with Crippen LogP contribution in [0.3, 0.4) is 0 Å². The van der Waals surface area contributed by atoms with Crippen LogP contribution in [0.2, 0.25) is 0 Å². The summed E-state index contributed by atoms with van der Waals surface area (Å²) in [5.41, 5.74) is -0.0425. The molecule has 0 atom stereocenters. The summed E-state index contributed by atoms with van der Waals surface area (Å²) >= 11 is 0. The molecular formula is C13H18O2. The summed E-state index contributed by atoms with van der Waals surface area (Å²) in [5.74, 6) is 5.42. The third kappa shape index (κ3) is 10.4. The van der Waals surface area contributed by atoms with Crippen molar-refractivity contribution in [3.05, 3.63) is 24.3 Å². The highest BCUT2D eigenvalue weighted by atomic mass is 16.5. The first-order chi connectivity index (χ1) is 6.95. The van der Waals surface area contributed by atoms with Crippen molar-refractivity contribution >= 4 is 5.97 Å². The maximum atomic E-state index is 11.0. The maximum Gasteiger partial charge on any atom is 0.331 e. The van der Waals surface area contributed by atoms with Gasteiger partial charge in [-0.2, -0.15) is 0 Å². The number of hydrogen-bond donors (Lipinski definition) is 0. The molecule has 0 aromatic heterocycles. The van der Waals surface area contributed by atoms with Crippen LogP contribution in [0.5, 0.6) is 0 Å². The fourth-order valence-corrected chi connectivity index (χ4v) is 0.642. The van der Waals surface area contributed by atoms with E-state index in [2.05, 4.69) is 11.8 Å². The molecular weight excluding hydrogens is 188 g/mol. The van der Waals surface area contributed by atoms with E-state index in [-0.39, 0.29) is 11.4 Å². The van der Waals surface area contributed by atoms with Crippen molar-refractivity contribution < 1.29 is 9.53 Å². The highest BCUT2D eigenvalue weighted by molar-refractivity contribution is 5.82. The van der Waals surface area contributed by atoms with Crippen molar-refractivity contribution in [2.75, 3.05) is 6.61 Å². The fraction of sp³-hybridized carbons (Fsp3) is 0.462. The van der Waals surface area contributed by atoms with Gasteiger partial charge < -0.3 is 4.74 Å². The van der Waals surface area contributed by atoms with E-state index >= 15 is 0 Å². The molecule has 0 rings (SSSR count). The predicted octanol–water partition coefficient (Wildman–Crippen LogP) is 2.71. The number of ether oxygens (including phenoxy) is 1. The lowest BCUT2D eigenvalue weighted by Gasteiger charge is -2.05. The third-order valence-corrected chi connectivity index (χ3v) is 1.31. The molecule has 0 aliphatic rings. The Balaban J connectivity index is 3.95. The molecule has 0 amide bonds. The Kier molecular flexibility index (Phi) is 6.21. The SMILES string of the molecule is C/C=C/COC(=O)/C=C/C#CC(C)(C)C. The average Bonchev–Trinajstić information content (AvgIpc) is 2.11. The average molecular weight is 206 g/mol. The number of rotatable bonds is 3. The molecule has 0 fully saturated rings. The molecule has 2 nitrogen and oxygen atoms in total. The first-order valence-electron chi connectivity index (χ1n) is 4.93. The molecule has 82 valence electrons. The molecule has 0 N–H and O–H groups in total. The van der Waals surface area contributed by atoms with E-state index in [1.807, 2.05) is 33.8 Å². The highest BCUT2D eigenvalue weighted by Crippen LogP contribution is 2.09. The summed E-state index contributed by atoms with van der Waals surface area (Å²) in [6.07, 6.45) is 6.45. The van der Waals surface area contributed by atoms with E-state index in [1.165, 1.54) is 12.2 Å². The van der Waals surface area contributed by atoms with Crippen molar-refractivity contribution in [3.63, 3.8) is 0 Å². The lowest BCUT2D eigenvalue weighted by molar-refractivity contribution is -0.136. The molecule has 0 heterocycles. The second kappa shape index (κ2) is 6.89. The summed E-state index contributed by atoms with van der Waals surface area (Å²) in [6, 6.07) is 0. The van der Waals surface area contributed by atoms with Crippen molar-refractivity contribution in [1.82, 2.24) is 0 Å². The maximum absolute atomic E-state index is 11.0. The van der Waals surface area contributed by atoms with E-state index < -0.39 is 0 Å². The smallest absolute Gasteiger partial charge is 0.331 e. The van der Waals surface area contributed by atoms with Gasteiger partial charge in [-0.3, -0.25) is 0 Å². The topological polar surface area (TPSA) is 26.3 Å². The summed E-state index contributed by atoms with van der Waals surface area (Å²) in [6.45, 7) is 8.22. The van der Waals surface area contributed by atoms with Gasteiger partial charge in [-0.25, -0.2) is 4.79 Å². The number of hydrogen-bond acceptors (Lipinski definition) is 2. The van der Waals surface area contributed by atoms with Gasteiger partial charge in [0.1, 0.15) is 6.61 Å². The van der Waals surface area contributed by atoms with Gasteiger partial charge in [0.25, 0.3) is 0 Å². The van der Waals surface area contributed by atoms with E-state index in [9.17, 15) is 4.79 Å². The number of carbonyl (C=O) groups excluding carboxylic acids is 1. The quantitative estimate of drug-likeness (QED) is 0.307. The first-order valence-corrected chi connectivity index (χ1v) is 4.93. The van der Waals surface area contributed by atoms with Gasteiger partial charge >= 0.3 is 5.97 Å². The van der Waals surface area contributed by atoms with E-state index in [1.54, 1.807) is 6.08 Å². The summed E-state index contributed by atoms with van der Waals surface area (Å²) in [5, 5.41) is 0. The fourth-order valence-electron chi connectivity index (χ4n) is 0.642. The molecule has 2 heteroatoms. The molecule has 0 aliphatic heterocycles. The van der Waals surface area contributed by atoms with E-state index in [0.29, 0.717) is 6.61 Å². The van der Waals surface area contributed by atoms with Gasteiger partial charge in [-0.05, 0) is 33.8 Å². The molecule has 0 saturated carbocycles. The Morgan fingerprint density at radius 3 is 2.60 bits per heavy atom. The van der Waals surface area contributed by atoms with Gasteiger partial charge in [-0.1, -0.05) is 24.0 Å². The molecule has 0 spiro atoms. The number of allylic oxidation sites excluding steroid dienone is 2. The second-order valence-corrected chi connectivity index (χ2v) is 4.05. The van der Waals surface area contributed by atoms with Crippen molar-refractivity contribution in [2.45, 2.75) is 27.7 Å². The third-order valence-electron chi connectivity index (χ3n) is 1.31. The minimum atomic E-state index is -0.365. The summed E-state index contributed by atoms with van der Waals surface area (Å²) in [7, 11) is 0. The van der Waals surface area contributed by atoms with Gasteiger partial charge in [-0.15, -0.1) is 0 Å². The molecule has 15 heavy (non-hydrogen) atoms. The Bertz CT molecular complexity index is 306. The zero-order chi connectivity index (χ0) is 11.7. The van der Waals surface area contributed by atoms with Crippen LogP contribution in [0, 0.1) is 17.3 Å². The Hall–Kier alpha value is -1.49. The number of carbonyl (C=O) groups is 1. The Morgan fingerprint density at radius 1 is 1.40 bits per heavy atom. The molecule has 0 aromatic rings. The predicted molar refractivity (Wildman–Crippen MR) is 62.1 cm³/mol. The van der Waals surface area contributed by atoms with E-state index in [0.717, 1.165) is 0 Å². The molecule has 0 aliphatic carbocycles. The lowest BCUT2D eigenvalue weighted by atomic mass is 9.98. The van der Waals surface area contributed by atoms with Crippen LogP contribution in [-0.2, 0) is 9.53 Å². The monoisotopic (exact) mass is 206 g/mol. The first kappa shape index (κ1) is 13.5. The largest absolute Gasteiger partial charge is 0.458 e. The van der Waals surface area contributed by atoms with Crippen LogP contribution in [0.1, 0.15) is 27.7 Å². The van der Waals surface area contributed by atoms with Crippen LogP contribution >= 0.6 is 0 Å². The van der Waals surface area contributed by atoms with Gasteiger partial charge in [0.05, 0.1) is 0 Å². The zero-order valence-corrected chi connectivity index (χ0v) is 9.83. The minimum absolute atomic E-state index is 0.0425. The van der Waals surface area contributed by atoms with Gasteiger partial charge in [0, 0.05) is 11.5 Å². The Labute approximate surface area is 92.0 Å². The molecule has 0 radical (unpaired) electrons. The van der Waals surface area contributed by atoms with Crippen molar-refractivity contribution in [1.29, 1.82) is 0 Å². The van der Waals surface area contributed by atoms with Crippen molar-refractivity contribution in [2.24, 2.45) is 5.41 Å². The lowest BCUT2D eigenvalue weighted by Crippen LogP contribution is -2.00. The standard InChI is InChI=1S/C13H18O2/c1-5-6-11-15-12(14)9-7-8-10-13(2,3)4/h5-7,9H,11H2,1-4H3/b6-5+,9-7+. The highest BCUT2D eigenvalue weighted by Gasteiger charge is 2.02. The normalized spacial score (nSPS) is 11.5. The summed E-state index contributed by atoms with van der Waals surface area (Å²) < 4.78 is 4.83. The van der Waals surface area contributed by atoms with Crippen LogP contribution in [0.25, 0.3) is 0 Å². The van der Waals surface area contributed by atoms with Crippen LogP contribution in [0.4, 0.5) is 0 Å². The minimum Gasteiger partial charge on any atom is -0.458 e. The molecule has 0 saturated heterocycles. The summed E-state index contributed by atoms with van der Waals surface area (Å²) in [4.78, 5) is 11.0. The van der Waals surface area contributed by atoms with Crippen LogP contribution < -0.4 is 0 Å². The van der Waals surface area contributed by atoms with Crippen molar-refractivity contribution in [3.8, 4) is 11.8 Å². The van der Waals surface area contributed by atoms with Crippen LogP contribution in [-0.4, -0.2) is 12.6 Å². The number of esters is 1. The molecule has 0 unspecified atom stereocenters. The zero-order valence-electron chi connectivity index (χ0n) is 9.83. The van der Waals surface area contributed by atoms with Crippen LogP contribution in [0.15, 0.2) is 24.3 Å². The molecule has 0 bridgehead atoms.